The topological polar surface area (TPSA) is 41.6 Å². The SMILES string of the molecule is CC1(c2nc(Cl)n[nH]2)CCCS1. The molecule has 2 heterocycles. The van der Waals surface area contributed by atoms with Crippen LogP contribution in [0.25, 0.3) is 0 Å². The summed E-state index contributed by atoms with van der Waals surface area (Å²) in [5, 5.41) is 7.01. The number of H-pyrrole nitrogens is 1. The normalized spacial score (nSPS) is 29.5. The quantitative estimate of drug-likeness (QED) is 0.761. The van der Waals surface area contributed by atoms with E-state index in [-0.39, 0.29) is 4.75 Å². The number of nitrogens with zero attached hydrogens (tertiary/aromatic N) is 2. The van der Waals surface area contributed by atoms with Crippen molar-refractivity contribution < 1.29 is 0 Å². The monoisotopic (exact) mass is 203 g/mol. The minimum Gasteiger partial charge on any atom is -0.261 e. The molecule has 1 saturated heterocycles. The molecule has 1 aliphatic heterocycles. The molecule has 0 spiro atoms. The lowest BCUT2D eigenvalue weighted by molar-refractivity contribution is 0.607. The largest absolute Gasteiger partial charge is 0.261 e. The molecule has 5 heteroatoms. The van der Waals surface area contributed by atoms with Gasteiger partial charge in [0, 0.05) is 0 Å². The second kappa shape index (κ2) is 2.92. The summed E-state index contributed by atoms with van der Waals surface area (Å²) in [5.41, 5.74) is 0. The average Bonchev–Trinajstić information content (AvgIpc) is 2.59. The maximum absolute atomic E-state index is 5.64. The van der Waals surface area contributed by atoms with E-state index in [0.717, 1.165) is 12.2 Å². The van der Waals surface area contributed by atoms with Crippen LogP contribution in [0.1, 0.15) is 25.6 Å². The van der Waals surface area contributed by atoms with E-state index in [2.05, 4.69) is 22.1 Å². The lowest BCUT2D eigenvalue weighted by Crippen LogP contribution is -2.14. The van der Waals surface area contributed by atoms with E-state index in [9.17, 15) is 0 Å². The molecule has 66 valence electrons. The van der Waals surface area contributed by atoms with Crippen LogP contribution in [0, 0.1) is 0 Å². The summed E-state index contributed by atoms with van der Waals surface area (Å²) in [6.07, 6.45) is 2.41. The molecule has 1 unspecified atom stereocenters. The Balaban J connectivity index is 2.28. The first-order chi connectivity index (χ1) is 5.71. The number of hydrogen-bond donors (Lipinski definition) is 1. The van der Waals surface area contributed by atoms with E-state index >= 15 is 0 Å². The Morgan fingerprint density at radius 1 is 1.67 bits per heavy atom. The molecule has 3 nitrogen and oxygen atoms in total. The van der Waals surface area contributed by atoms with Crippen LogP contribution in [0.15, 0.2) is 0 Å². The zero-order valence-corrected chi connectivity index (χ0v) is 8.37. The van der Waals surface area contributed by atoms with Crippen LogP contribution in [0.5, 0.6) is 0 Å². The highest BCUT2D eigenvalue weighted by Crippen LogP contribution is 2.44. The highest BCUT2D eigenvalue weighted by Gasteiger charge is 2.34. The van der Waals surface area contributed by atoms with Gasteiger partial charge in [0.25, 0.3) is 0 Å². The van der Waals surface area contributed by atoms with Gasteiger partial charge < -0.3 is 0 Å². The maximum atomic E-state index is 5.64. The third-order valence-corrected chi connectivity index (χ3v) is 3.87. The van der Waals surface area contributed by atoms with E-state index in [0.29, 0.717) is 5.28 Å². The van der Waals surface area contributed by atoms with E-state index < -0.39 is 0 Å². The van der Waals surface area contributed by atoms with Crippen LogP contribution in [-0.2, 0) is 4.75 Å². The van der Waals surface area contributed by atoms with E-state index in [1.807, 2.05) is 11.8 Å². The third-order valence-electron chi connectivity index (χ3n) is 2.18. The molecule has 1 aromatic heterocycles. The van der Waals surface area contributed by atoms with Gasteiger partial charge in [-0.2, -0.15) is 0 Å². The van der Waals surface area contributed by atoms with Crippen molar-refractivity contribution in [1.82, 2.24) is 15.2 Å². The second-order valence-electron chi connectivity index (χ2n) is 3.14. The number of thioether (sulfide) groups is 1. The van der Waals surface area contributed by atoms with Gasteiger partial charge in [-0.1, -0.05) is 0 Å². The number of hydrogen-bond acceptors (Lipinski definition) is 3. The van der Waals surface area contributed by atoms with E-state index in [4.69, 9.17) is 11.6 Å². The van der Waals surface area contributed by atoms with Crippen LogP contribution in [0.4, 0.5) is 0 Å². The number of nitrogens with one attached hydrogen (secondary N) is 1. The minimum absolute atomic E-state index is 0.111. The van der Waals surface area contributed by atoms with Gasteiger partial charge in [-0.15, -0.1) is 16.9 Å². The fourth-order valence-corrected chi connectivity index (χ4v) is 2.83. The Bertz CT molecular complexity index is 280. The van der Waals surface area contributed by atoms with Crippen molar-refractivity contribution in [1.29, 1.82) is 0 Å². The minimum atomic E-state index is 0.111. The molecule has 1 aromatic rings. The molecule has 12 heavy (non-hydrogen) atoms. The van der Waals surface area contributed by atoms with Crippen LogP contribution >= 0.6 is 23.4 Å². The highest BCUT2D eigenvalue weighted by molar-refractivity contribution is 8.00. The first kappa shape index (κ1) is 8.38. The molecule has 1 aliphatic rings. The number of aromatic amines is 1. The molecule has 0 radical (unpaired) electrons. The first-order valence-corrected chi connectivity index (χ1v) is 5.29. The highest BCUT2D eigenvalue weighted by atomic mass is 35.5. The van der Waals surface area contributed by atoms with Gasteiger partial charge in [0.15, 0.2) is 0 Å². The molecule has 0 bridgehead atoms. The summed E-state index contributed by atoms with van der Waals surface area (Å²) in [6.45, 7) is 2.18. The van der Waals surface area contributed by atoms with Gasteiger partial charge in [-0.3, -0.25) is 5.10 Å². The van der Waals surface area contributed by atoms with Crippen molar-refractivity contribution in [2.45, 2.75) is 24.5 Å². The lowest BCUT2D eigenvalue weighted by Gasteiger charge is -2.18. The first-order valence-electron chi connectivity index (χ1n) is 3.93. The second-order valence-corrected chi connectivity index (χ2v) is 5.07. The van der Waals surface area contributed by atoms with Crippen molar-refractivity contribution in [3.8, 4) is 0 Å². The van der Waals surface area contributed by atoms with Gasteiger partial charge in [0.2, 0.25) is 5.28 Å². The van der Waals surface area contributed by atoms with Crippen LogP contribution in [0.3, 0.4) is 0 Å². The van der Waals surface area contributed by atoms with Crippen LogP contribution < -0.4 is 0 Å². The predicted molar refractivity (Wildman–Crippen MR) is 50.4 cm³/mol. The third kappa shape index (κ3) is 1.33. The summed E-state index contributed by atoms with van der Waals surface area (Å²) in [7, 11) is 0. The number of halogens is 1. The Hall–Kier alpha value is -0.220. The van der Waals surface area contributed by atoms with Crippen LogP contribution in [0.2, 0.25) is 5.28 Å². The summed E-state index contributed by atoms with van der Waals surface area (Å²) in [4.78, 5) is 4.14. The number of aromatic nitrogens is 3. The van der Waals surface area contributed by atoms with Gasteiger partial charge >= 0.3 is 0 Å². The summed E-state index contributed by atoms with van der Waals surface area (Å²) < 4.78 is 0.111. The maximum Gasteiger partial charge on any atom is 0.242 e. The fourth-order valence-electron chi connectivity index (χ4n) is 1.44. The molecule has 0 saturated carbocycles. The van der Waals surface area contributed by atoms with Gasteiger partial charge in [0.1, 0.15) is 5.82 Å². The Morgan fingerprint density at radius 3 is 3.00 bits per heavy atom. The van der Waals surface area contributed by atoms with Gasteiger partial charge in [-0.05, 0) is 37.1 Å². The molecule has 1 atom stereocenters. The molecular weight excluding hydrogens is 194 g/mol. The van der Waals surface area contributed by atoms with E-state index in [1.165, 1.54) is 12.2 Å². The zero-order chi connectivity index (χ0) is 8.60. The Morgan fingerprint density at radius 2 is 2.50 bits per heavy atom. The summed E-state index contributed by atoms with van der Waals surface area (Å²) >= 11 is 7.56. The smallest absolute Gasteiger partial charge is 0.242 e. The van der Waals surface area contributed by atoms with Crippen molar-refractivity contribution in [3.05, 3.63) is 11.1 Å². The summed E-state index contributed by atoms with van der Waals surface area (Å²) in [6, 6.07) is 0. The average molecular weight is 204 g/mol. The van der Waals surface area contributed by atoms with E-state index in [1.54, 1.807) is 0 Å². The number of rotatable bonds is 1. The van der Waals surface area contributed by atoms with Crippen molar-refractivity contribution >= 4 is 23.4 Å². The molecule has 2 rings (SSSR count). The molecule has 1 N–H and O–H groups in total. The molecule has 1 fully saturated rings. The Labute approximate surface area is 80.3 Å². The lowest BCUT2D eigenvalue weighted by atomic mass is 10.1. The molecular formula is C7H10ClN3S. The van der Waals surface area contributed by atoms with Crippen molar-refractivity contribution in [3.63, 3.8) is 0 Å². The van der Waals surface area contributed by atoms with Crippen molar-refractivity contribution in [2.75, 3.05) is 5.75 Å². The zero-order valence-electron chi connectivity index (χ0n) is 6.80. The van der Waals surface area contributed by atoms with Gasteiger partial charge in [0.05, 0.1) is 4.75 Å². The van der Waals surface area contributed by atoms with Gasteiger partial charge in [-0.25, -0.2) is 4.98 Å². The standard InChI is InChI=1S/C7H10ClN3S/c1-7(3-2-4-12-7)5-9-6(8)11-10-5/h2-4H2,1H3,(H,9,10,11). The summed E-state index contributed by atoms with van der Waals surface area (Å²) in [5.74, 6) is 2.12. The predicted octanol–water partition coefficient (Wildman–Crippen LogP) is 2.20. The van der Waals surface area contributed by atoms with Crippen LogP contribution in [-0.4, -0.2) is 20.9 Å². The molecule has 0 amide bonds. The molecule has 0 aliphatic carbocycles. The van der Waals surface area contributed by atoms with Crippen molar-refractivity contribution in [2.24, 2.45) is 0 Å². The Kier molecular flexibility index (Phi) is 2.04. The fraction of sp³-hybridized carbons (Fsp3) is 0.714. The molecule has 0 aromatic carbocycles.